The fourth-order valence-corrected chi connectivity index (χ4v) is 11.0. The van der Waals surface area contributed by atoms with Crippen LogP contribution in [0.25, 0.3) is 21.6 Å². The largest absolute Gasteiger partial charge is 0.496 e. The van der Waals surface area contributed by atoms with Crippen molar-refractivity contribution in [3.05, 3.63) is 77.3 Å². The molecule has 2 aromatic carbocycles. The molecule has 2 N–H and O–H groups in total. The topological polar surface area (TPSA) is 157 Å². The van der Waals surface area contributed by atoms with Crippen LogP contribution in [-0.4, -0.2) is 77.5 Å². The summed E-state index contributed by atoms with van der Waals surface area (Å²) in [5, 5.41) is 7.02. The Morgan fingerprint density at radius 2 is 1.82 bits per heavy atom. The van der Waals surface area contributed by atoms with E-state index >= 15 is 0 Å². The fourth-order valence-electron chi connectivity index (χ4n) is 8.68. The third kappa shape index (κ3) is 8.29. The van der Waals surface area contributed by atoms with Crippen molar-refractivity contribution in [2.75, 3.05) is 19.0 Å². The van der Waals surface area contributed by atoms with Crippen molar-refractivity contribution in [1.29, 1.82) is 0 Å². The van der Waals surface area contributed by atoms with E-state index in [-0.39, 0.29) is 42.9 Å². The van der Waals surface area contributed by atoms with Gasteiger partial charge in [0.1, 0.15) is 34.3 Å². The predicted octanol–water partition coefficient (Wildman–Crippen LogP) is 8.11. The number of nitrogens with zero attached hydrogens (tertiary/aromatic N) is 3. The van der Waals surface area contributed by atoms with Gasteiger partial charge in [-0.25, -0.2) is 18.4 Å². The highest BCUT2D eigenvalue weighted by Gasteiger charge is 2.62. The van der Waals surface area contributed by atoms with Crippen LogP contribution < -0.4 is 19.5 Å². The second-order valence-electron chi connectivity index (χ2n) is 17.6. The molecule has 0 spiro atoms. The maximum Gasteiger partial charge on any atom is 0.245 e. The standard InChI is InChI=1S/C46H55N5O7S2/c1-28(2)36-27-59-42(49-36)35-23-40(33-18-19-39(57-5)29(3)41(33)48-35)58-32-22-37-38(52)25-46(44(54)50-60(55,56)45(4)20-21-45)24-30(46)14-10-7-6-8-13-17-34(43(53)51(37)26-32)47-31-15-11-9-12-16-31/h9-12,14-16,18-19,23,27-28,30,32,34,37,47H,6-8,13,17,20-22,24-26H2,1-5H3,(H,50,54)/b14-10-/t30-,32+,34-,37-,46+/m0/s1. The fraction of sp³-hybridized carbons (Fsp3) is 0.500. The number of Topliss-reactive ketones (excluding diaryl/α,β-unsaturated/α-hetero) is 1. The molecule has 1 saturated heterocycles. The van der Waals surface area contributed by atoms with Crippen LogP contribution in [0.1, 0.15) is 102 Å². The molecule has 2 saturated carbocycles. The Bertz CT molecular complexity index is 2430. The summed E-state index contributed by atoms with van der Waals surface area (Å²) in [6, 6.07) is 13.8. The van der Waals surface area contributed by atoms with E-state index in [9.17, 15) is 22.8 Å². The van der Waals surface area contributed by atoms with Gasteiger partial charge in [-0.2, -0.15) is 0 Å². The van der Waals surface area contributed by atoms with Gasteiger partial charge in [0.2, 0.25) is 21.8 Å². The Morgan fingerprint density at radius 3 is 2.53 bits per heavy atom. The van der Waals surface area contributed by atoms with Crippen molar-refractivity contribution in [1.82, 2.24) is 19.6 Å². The van der Waals surface area contributed by atoms with Gasteiger partial charge in [0, 0.05) is 40.9 Å². The average Bonchev–Trinajstić information content (AvgIpc) is 4.00. The molecule has 4 aliphatic rings. The predicted molar refractivity (Wildman–Crippen MR) is 234 cm³/mol. The van der Waals surface area contributed by atoms with Crippen LogP contribution >= 0.6 is 11.3 Å². The molecule has 2 aliphatic carbocycles. The lowest BCUT2D eigenvalue weighted by Gasteiger charge is -2.30. The van der Waals surface area contributed by atoms with Gasteiger partial charge in [0.05, 0.1) is 41.1 Å². The maximum absolute atomic E-state index is 14.9. The first kappa shape index (κ1) is 41.9. The number of aromatic nitrogens is 2. The summed E-state index contributed by atoms with van der Waals surface area (Å²) in [6.07, 6.45) is 8.71. The van der Waals surface area contributed by atoms with Gasteiger partial charge in [0.15, 0.2) is 5.78 Å². The van der Waals surface area contributed by atoms with Crippen LogP contribution in [0.3, 0.4) is 0 Å². The number of para-hydroxylation sites is 1. The van der Waals surface area contributed by atoms with E-state index in [1.54, 1.807) is 18.9 Å². The molecule has 318 valence electrons. The number of fused-ring (bicyclic) bond motifs is 3. The van der Waals surface area contributed by atoms with E-state index < -0.39 is 44.3 Å². The number of benzene rings is 2. The van der Waals surface area contributed by atoms with Crippen molar-refractivity contribution in [3.8, 4) is 22.2 Å². The number of aryl methyl sites for hydroxylation is 1. The van der Waals surface area contributed by atoms with Crippen molar-refractivity contribution in [3.63, 3.8) is 0 Å². The Kier molecular flexibility index (Phi) is 11.6. The summed E-state index contributed by atoms with van der Waals surface area (Å²) in [5.41, 5.74) is 2.74. The number of carbonyl (C=O) groups is 3. The second-order valence-corrected chi connectivity index (χ2v) is 20.7. The highest BCUT2D eigenvalue weighted by Crippen LogP contribution is 2.57. The number of amides is 2. The number of ether oxygens (including phenoxy) is 2. The number of rotatable bonds is 10. The molecular weight excluding hydrogens is 799 g/mol. The minimum Gasteiger partial charge on any atom is -0.496 e. The summed E-state index contributed by atoms with van der Waals surface area (Å²) >= 11 is 1.51. The minimum absolute atomic E-state index is 0.139. The van der Waals surface area contributed by atoms with Crippen LogP contribution in [0.5, 0.6) is 11.5 Å². The number of anilines is 1. The summed E-state index contributed by atoms with van der Waals surface area (Å²) in [4.78, 5) is 55.4. The third-order valence-electron chi connectivity index (χ3n) is 13.0. The van der Waals surface area contributed by atoms with E-state index in [1.165, 1.54) is 11.3 Å². The van der Waals surface area contributed by atoms with Crippen LogP contribution in [0, 0.1) is 18.3 Å². The lowest BCUT2D eigenvalue weighted by atomic mass is 9.91. The van der Waals surface area contributed by atoms with E-state index in [4.69, 9.17) is 19.4 Å². The smallest absolute Gasteiger partial charge is 0.245 e. The number of carbonyl (C=O) groups excluding carboxylic acids is 3. The van der Waals surface area contributed by atoms with Crippen LogP contribution in [0.15, 0.2) is 66.1 Å². The van der Waals surface area contributed by atoms with Crippen molar-refractivity contribution < 1.29 is 32.3 Å². The molecule has 4 aromatic rings. The lowest BCUT2D eigenvalue weighted by Crippen LogP contribution is -2.49. The normalized spacial score (nSPS) is 26.1. The molecule has 2 aromatic heterocycles. The van der Waals surface area contributed by atoms with Gasteiger partial charge in [-0.05, 0) is 88.5 Å². The zero-order valence-corrected chi connectivity index (χ0v) is 36.7. The van der Waals surface area contributed by atoms with E-state index in [2.05, 4.69) is 30.0 Å². The third-order valence-corrected chi connectivity index (χ3v) is 16.0. The van der Waals surface area contributed by atoms with Crippen molar-refractivity contribution >= 4 is 55.5 Å². The summed E-state index contributed by atoms with van der Waals surface area (Å²) in [6.45, 7) is 7.93. The zero-order chi connectivity index (χ0) is 42.4. The molecule has 0 unspecified atom stereocenters. The highest BCUT2D eigenvalue weighted by atomic mass is 32.2. The first-order chi connectivity index (χ1) is 28.7. The maximum atomic E-state index is 14.9. The first-order valence-corrected chi connectivity index (χ1v) is 23.6. The van der Waals surface area contributed by atoms with Crippen LogP contribution in [0.2, 0.25) is 0 Å². The number of methoxy groups -OCH3 is 1. The van der Waals surface area contributed by atoms with E-state index in [0.29, 0.717) is 48.4 Å². The van der Waals surface area contributed by atoms with Crippen molar-refractivity contribution in [2.24, 2.45) is 11.3 Å². The molecule has 0 radical (unpaired) electrons. The summed E-state index contributed by atoms with van der Waals surface area (Å²) in [7, 11) is -2.31. The monoisotopic (exact) mass is 853 g/mol. The lowest BCUT2D eigenvalue weighted by molar-refractivity contribution is -0.139. The average molecular weight is 854 g/mol. The van der Waals surface area contributed by atoms with Crippen LogP contribution in [-0.2, 0) is 24.4 Å². The quantitative estimate of drug-likeness (QED) is 0.149. The number of hydrogen-bond acceptors (Lipinski definition) is 11. The number of sulfonamides is 1. The van der Waals surface area contributed by atoms with Gasteiger partial charge < -0.3 is 19.7 Å². The van der Waals surface area contributed by atoms with Gasteiger partial charge in [-0.1, -0.05) is 57.0 Å². The van der Waals surface area contributed by atoms with Gasteiger partial charge in [-0.15, -0.1) is 11.3 Å². The van der Waals surface area contributed by atoms with E-state index in [1.807, 2.05) is 66.9 Å². The summed E-state index contributed by atoms with van der Waals surface area (Å²) < 4.78 is 40.6. The first-order valence-electron chi connectivity index (χ1n) is 21.2. The SMILES string of the molecule is COc1ccc2c(O[C@@H]3C[C@H]4C(=O)C[C@]5(C(=O)NS(=O)(=O)C6(C)CC6)C[C@@H]5/C=C\CCCCC[C@H](Nc5ccccc5)C(=O)N4C3)cc(-c3nc(C(C)C)cs3)nc2c1C. The molecule has 8 rings (SSSR count). The molecule has 2 aliphatic heterocycles. The Morgan fingerprint density at radius 1 is 1.03 bits per heavy atom. The molecule has 14 heteroatoms. The minimum atomic E-state index is -3.93. The number of ketones is 1. The molecule has 3 fully saturated rings. The Labute approximate surface area is 356 Å². The molecular formula is C46H55N5O7S2. The molecule has 4 heterocycles. The number of thiazole rings is 1. The van der Waals surface area contributed by atoms with Crippen molar-refractivity contribution in [2.45, 2.75) is 121 Å². The molecule has 60 heavy (non-hydrogen) atoms. The molecule has 5 atom stereocenters. The Balaban J connectivity index is 1.15. The highest BCUT2D eigenvalue weighted by molar-refractivity contribution is 7.91. The van der Waals surface area contributed by atoms with Gasteiger partial charge in [-0.3, -0.25) is 19.1 Å². The number of nitrogens with one attached hydrogen (secondary N) is 2. The van der Waals surface area contributed by atoms with E-state index in [0.717, 1.165) is 53.0 Å². The molecule has 2 amide bonds. The number of hydrogen-bond donors (Lipinski definition) is 2. The van der Waals surface area contributed by atoms with Gasteiger partial charge >= 0.3 is 0 Å². The molecule has 12 nitrogen and oxygen atoms in total. The van der Waals surface area contributed by atoms with Gasteiger partial charge in [0.25, 0.3) is 0 Å². The number of allylic oxidation sites excluding steroid dienone is 2. The van der Waals surface area contributed by atoms with Crippen LogP contribution in [0.4, 0.5) is 5.69 Å². The second kappa shape index (κ2) is 16.6. The zero-order valence-electron chi connectivity index (χ0n) is 35.0. The molecule has 0 bridgehead atoms. The summed E-state index contributed by atoms with van der Waals surface area (Å²) in [5.74, 6) is 0.0545. The Hall–Kier alpha value is -4.82. The number of pyridine rings is 1.